The second-order valence-corrected chi connectivity index (χ2v) is 4.49. The van der Waals surface area contributed by atoms with E-state index in [0.29, 0.717) is 12.8 Å². The van der Waals surface area contributed by atoms with Crippen LogP contribution in [0.5, 0.6) is 0 Å². The molecule has 0 aliphatic rings. The Labute approximate surface area is 98.2 Å². The Morgan fingerprint density at radius 2 is 2.33 bits per heavy atom. The lowest BCUT2D eigenvalue weighted by Crippen LogP contribution is -2.19. The van der Waals surface area contributed by atoms with Crippen LogP contribution in [-0.4, -0.2) is 11.9 Å². The van der Waals surface area contributed by atoms with Crippen LogP contribution in [0.3, 0.4) is 0 Å². The number of carbonyl (C=O) groups excluding carboxylic acids is 1. The van der Waals surface area contributed by atoms with E-state index in [2.05, 4.69) is 21.2 Å². The second kappa shape index (κ2) is 5.88. The second-order valence-electron chi connectivity index (χ2n) is 3.57. The van der Waals surface area contributed by atoms with Crippen LogP contribution in [0.25, 0.3) is 0 Å². The Bertz CT molecular complexity index is 339. The largest absolute Gasteiger partial charge is 0.328 e. The number of hydrogen-bond acceptors (Lipinski definition) is 2. The Kier molecular flexibility index (Phi) is 4.78. The van der Waals surface area contributed by atoms with Crippen LogP contribution in [0.1, 0.15) is 19.8 Å². The maximum Gasteiger partial charge on any atom is 0.224 e. The van der Waals surface area contributed by atoms with Crippen LogP contribution in [-0.2, 0) is 4.79 Å². The van der Waals surface area contributed by atoms with Crippen molar-refractivity contribution in [2.45, 2.75) is 25.8 Å². The van der Waals surface area contributed by atoms with Crippen molar-refractivity contribution < 1.29 is 4.79 Å². The van der Waals surface area contributed by atoms with Gasteiger partial charge in [0.2, 0.25) is 5.91 Å². The van der Waals surface area contributed by atoms with Crippen molar-refractivity contribution >= 4 is 27.5 Å². The first-order chi connectivity index (χ1) is 7.08. The van der Waals surface area contributed by atoms with Crippen LogP contribution < -0.4 is 11.1 Å². The van der Waals surface area contributed by atoms with E-state index in [1.807, 2.05) is 31.2 Å². The molecule has 4 heteroatoms. The SMILES string of the molecule is CC(N)CCC(=O)Nc1cccc(Br)c1. The van der Waals surface area contributed by atoms with Crippen LogP contribution in [0.4, 0.5) is 5.69 Å². The van der Waals surface area contributed by atoms with Crippen molar-refractivity contribution in [1.82, 2.24) is 0 Å². The van der Waals surface area contributed by atoms with Crippen LogP contribution in [0, 0.1) is 0 Å². The number of nitrogens with two attached hydrogens (primary N) is 1. The number of carbonyl (C=O) groups is 1. The molecule has 0 saturated carbocycles. The zero-order chi connectivity index (χ0) is 11.3. The third-order valence-corrected chi connectivity index (χ3v) is 2.43. The van der Waals surface area contributed by atoms with Gasteiger partial charge in [-0.3, -0.25) is 4.79 Å². The number of halogens is 1. The Balaban J connectivity index is 2.44. The van der Waals surface area contributed by atoms with Crippen molar-refractivity contribution in [2.75, 3.05) is 5.32 Å². The molecule has 1 rings (SSSR count). The van der Waals surface area contributed by atoms with Gasteiger partial charge in [0.05, 0.1) is 0 Å². The molecule has 3 N–H and O–H groups in total. The molecule has 0 radical (unpaired) electrons. The van der Waals surface area contributed by atoms with Gasteiger partial charge in [0.15, 0.2) is 0 Å². The highest BCUT2D eigenvalue weighted by Crippen LogP contribution is 2.15. The summed E-state index contributed by atoms with van der Waals surface area (Å²) in [5.41, 5.74) is 6.38. The van der Waals surface area contributed by atoms with Crippen molar-refractivity contribution in [3.63, 3.8) is 0 Å². The molecule has 0 heterocycles. The van der Waals surface area contributed by atoms with E-state index >= 15 is 0 Å². The normalized spacial score (nSPS) is 12.2. The van der Waals surface area contributed by atoms with E-state index in [9.17, 15) is 4.79 Å². The molecule has 0 bridgehead atoms. The number of amides is 1. The summed E-state index contributed by atoms with van der Waals surface area (Å²) in [5, 5.41) is 2.81. The van der Waals surface area contributed by atoms with Gasteiger partial charge in [-0.2, -0.15) is 0 Å². The van der Waals surface area contributed by atoms with E-state index in [-0.39, 0.29) is 11.9 Å². The molecule has 1 atom stereocenters. The Morgan fingerprint density at radius 1 is 1.60 bits per heavy atom. The van der Waals surface area contributed by atoms with Crippen molar-refractivity contribution in [3.8, 4) is 0 Å². The number of anilines is 1. The number of nitrogens with one attached hydrogen (secondary N) is 1. The minimum absolute atomic E-state index is 0.00500. The molecular weight excluding hydrogens is 256 g/mol. The molecule has 82 valence electrons. The maximum absolute atomic E-state index is 11.4. The molecule has 1 aromatic carbocycles. The lowest BCUT2D eigenvalue weighted by Gasteiger charge is -2.06. The van der Waals surface area contributed by atoms with E-state index in [1.54, 1.807) is 0 Å². The molecule has 15 heavy (non-hydrogen) atoms. The predicted molar refractivity (Wildman–Crippen MR) is 65.7 cm³/mol. The molecule has 0 spiro atoms. The predicted octanol–water partition coefficient (Wildman–Crippen LogP) is 2.52. The minimum atomic E-state index is 0.00500. The third-order valence-electron chi connectivity index (χ3n) is 1.94. The summed E-state index contributed by atoms with van der Waals surface area (Å²) in [6.45, 7) is 1.90. The van der Waals surface area contributed by atoms with E-state index in [0.717, 1.165) is 10.2 Å². The van der Waals surface area contributed by atoms with Gasteiger partial charge in [-0.05, 0) is 31.5 Å². The number of rotatable bonds is 4. The Hall–Kier alpha value is -0.870. The van der Waals surface area contributed by atoms with Gasteiger partial charge >= 0.3 is 0 Å². The first-order valence-electron chi connectivity index (χ1n) is 4.89. The van der Waals surface area contributed by atoms with E-state index in [4.69, 9.17) is 5.73 Å². The fraction of sp³-hybridized carbons (Fsp3) is 0.364. The molecule has 0 aromatic heterocycles. The van der Waals surface area contributed by atoms with E-state index < -0.39 is 0 Å². The summed E-state index contributed by atoms with van der Waals surface area (Å²) < 4.78 is 0.951. The molecular formula is C11H15BrN2O. The van der Waals surface area contributed by atoms with Gasteiger partial charge in [0, 0.05) is 22.6 Å². The van der Waals surface area contributed by atoms with Gasteiger partial charge < -0.3 is 11.1 Å². The molecule has 1 amide bonds. The lowest BCUT2D eigenvalue weighted by atomic mass is 10.2. The summed E-state index contributed by atoms with van der Waals surface area (Å²) in [4.78, 5) is 11.4. The zero-order valence-electron chi connectivity index (χ0n) is 8.66. The highest BCUT2D eigenvalue weighted by molar-refractivity contribution is 9.10. The summed E-state index contributed by atoms with van der Waals surface area (Å²) in [5.74, 6) is 0.00500. The summed E-state index contributed by atoms with van der Waals surface area (Å²) in [6, 6.07) is 7.58. The fourth-order valence-electron chi connectivity index (χ4n) is 1.15. The van der Waals surface area contributed by atoms with E-state index in [1.165, 1.54) is 0 Å². The van der Waals surface area contributed by atoms with Crippen molar-refractivity contribution in [2.24, 2.45) is 5.73 Å². The maximum atomic E-state index is 11.4. The summed E-state index contributed by atoms with van der Waals surface area (Å²) in [7, 11) is 0. The molecule has 0 saturated heterocycles. The van der Waals surface area contributed by atoms with Crippen molar-refractivity contribution in [1.29, 1.82) is 0 Å². The zero-order valence-corrected chi connectivity index (χ0v) is 10.3. The van der Waals surface area contributed by atoms with Gasteiger partial charge in [0.25, 0.3) is 0 Å². The monoisotopic (exact) mass is 270 g/mol. The lowest BCUT2D eigenvalue weighted by molar-refractivity contribution is -0.116. The minimum Gasteiger partial charge on any atom is -0.328 e. The quantitative estimate of drug-likeness (QED) is 0.884. The van der Waals surface area contributed by atoms with Crippen LogP contribution in [0.2, 0.25) is 0 Å². The number of hydrogen-bond donors (Lipinski definition) is 2. The first kappa shape index (κ1) is 12.2. The van der Waals surface area contributed by atoms with Gasteiger partial charge in [-0.15, -0.1) is 0 Å². The standard InChI is InChI=1S/C11H15BrN2O/c1-8(13)5-6-11(15)14-10-4-2-3-9(12)7-10/h2-4,7-8H,5-6,13H2,1H3,(H,14,15). The molecule has 0 aliphatic carbocycles. The highest BCUT2D eigenvalue weighted by Gasteiger charge is 2.03. The van der Waals surface area contributed by atoms with Crippen molar-refractivity contribution in [3.05, 3.63) is 28.7 Å². The average molecular weight is 271 g/mol. The van der Waals surface area contributed by atoms with Gasteiger partial charge in [-0.1, -0.05) is 22.0 Å². The Morgan fingerprint density at radius 3 is 2.93 bits per heavy atom. The topological polar surface area (TPSA) is 55.1 Å². The smallest absolute Gasteiger partial charge is 0.224 e. The van der Waals surface area contributed by atoms with Crippen LogP contribution in [0.15, 0.2) is 28.7 Å². The fourth-order valence-corrected chi connectivity index (χ4v) is 1.55. The molecule has 0 aliphatic heterocycles. The average Bonchev–Trinajstić information content (AvgIpc) is 2.15. The summed E-state index contributed by atoms with van der Waals surface area (Å²) >= 11 is 3.34. The van der Waals surface area contributed by atoms with Gasteiger partial charge in [0.1, 0.15) is 0 Å². The number of benzene rings is 1. The highest BCUT2D eigenvalue weighted by atomic mass is 79.9. The molecule has 1 aromatic rings. The summed E-state index contributed by atoms with van der Waals surface area (Å²) in [6.07, 6.45) is 1.17. The van der Waals surface area contributed by atoms with Gasteiger partial charge in [-0.25, -0.2) is 0 Å². The van der Waals surface area contributed by atoms with Crippen LogP contribution >= 0.6 is 15.9 Å². The third kappa shape index (κ3) is 4.95. The molecule has 0 fully saturated rings. The molecule has 3 nitrogen and oxygen atoms in total. The molecule has 1 unspecified atom stereocenters. The first-order valence-corrected chi connectivity index (χ1v) is 5.68.